The molecule has 1 heterocycles. The first-order valence-electron chi connectivity index (χ1n) is 7.59. The molecule has 2 aromatic carbocycles. The van der Waals surface area contributed by atoms with Crippen molar-refractivity contribution in [3.8, 4) is 22.8 Å². The molecule has 0 amide bonds. The van der Waals surface area contributed by atoms with Crippen LogP contribution in [0.25, 0.3) is 22.2 Å². The van der Waals surface area contributed by atoms with Gasteiger partial charge in [-0.15, -0.1) is 0 Å². The second-order valence-electron chi connectivity index (χ2n) is 5.50. The Morgan fingerprint density at radius 3 is 2.28 bits per heavy atom. The van der Waals surface area contributed by atoms with Crippen molar-refractivity contribution in [2.24, 2.45) is 0 Å². The standard InChI is InChI=1S/C19H17NO5/c1-11(21)20-15-7-5-4-6-12(15)8-16(20)13-9-14(19(22)23)18(25-3)10-17(13)24-2/h4-10H,1-3H3,(H,22,23). The Morgan fingerprint density at radius 2 is 1.68 bits per heavy atom. The number of fused-ring (bicyclic) bond motifs is 1. The topological polar surface area (TPSA) is 77.8 Å². The van der Waals surface area contributed by atoms with E-state index in [-0.39, 0.29) is 17.2 Å². The van der Waals surface area contributed by atoms with Crippen molar-refractivity contribution in [3.05, 3.63) is 48.0 Å². The summed E-state index contributed by atoms with van der Waals surface area (Å²) in [4.78, 5) is 23.8. The van der Waals surface area contributed by atoms with Gasteiger partial charge in [0.1, 0.15) is 17.1 Å². The van der Waals surface area contributed by atoms with E-state index in [9.17, 15) is 14.7 Å². The van der Waals surface area contributed by atoms with Crippen LogP contribution in [-0.2, 0) is 0 Å². The Bertz CT molecular complexity index is 987. The molecule has 25 heavy (non-hydrogen) atoms. The van der Waals surface area contributed by atoms with Crippen molar-refractivity contribution in [1.82, 2.24) is 4.57 Å². The minimum atomic E-state index is -1.12. The van der Waals surface area contributed by atoms with Gasteiger partial charge in [0.2, 0.25) is 5.91 Å². The third-order valence-corrected chi connectivity index (χ3v) is 4.05. The molecule has 0 aliphatic heterocycles. The lowest BCUT2D eigenvalue weighted by molar-refractivity contribution is 0.0693. The molecule has 0 radical (unpaired) electrons. The summed E-state index contributed by atoms with van der Waals surface area (Å²) in [5.74, 6) is -0.678. The number of benzene rings is 2. The molecule has 0 saturated heterocycles. The van der Waals surface area contributed by atoms with Gasteiger partial charge in [-0.05, 0) is 18.2 Å². The lowest BCUT2D eigenvalue weighted by atomic mass is 10.0. The van der Waals surface area contributed by atoms with Crippen LogP contribution in [0.2, 0.25) is 0 Å². The first-order valence-corrected chi connectivity index (χ1v) is 7.59. The number of ether oxygens (including phenoxy) is 2. The number of carboxylic acids is 1. The quantitative estimate of drug-likeness (QED) is 0.784. The fourth-order valence-corrected chi connectivity index (χ4v) is 2.96. The molecular formula is C19H17NO5. The van der Waals surface area contributed by atoms with E-state index in [1.54, 1.807) is 4.57 Å². The second kappa shape index (κ2) is 6.32. The third-order valence-electron chi connectivity index (χ3n) is 4.05. The van der Waals surface area contributed by atoms with Crippen molar-refractivity contribution in [1.29, 1.82) is 0 Å². The maximum atomic E-state index is 12.2. The summed E-state index contributed by atoms with van der Waals surface area (Å²) < 4.78 is 12.1. The lowest BCUT2D eigenvalue weighted by Gasteiger charge is -2.14. The Labute approximate surface area is 144 Å². The van der Waals surface area contributed by atoms with E-state index in [0.29, 0.717) is 17.0 Å². The summed E-state index contributed by atoms with van der Waals surface area (Å²) in [6.07, 6.45) is 0. The highest BCUT2D eigenvalue weighted by atomic mass is 16.5. The fourth-order valence-electron chi connectivity index (χ4n) is 2.96. The first-order chi connectivity index (χ1) is 12.0. The van der Waals surface area contributed by atoms with Gasteiger partial charge in [-0.1, -0.05) is 18.2 Å². The van der Waals surface area contributed by atoms with Gasteiger partial charge >= 0.3 is 5.97 Å². The monoisotopic (exact) mass is 339 g/mol. The van der Waals surface area contributed by atoms with E-state index in [1.165, 1.54) is 33.3 Å². The van der Waals surface area contributed by atoms with Gasteiger partial charge in [0.05, 0.1) is 25.4 Å². The normalized spacial score (nSPS) is 10.7. The first kappa shape index (κ1) is 16.6. The van der Waals surface area contributed by atoms with Crippen LogP contribution in [0, 0.1) is 0 Å². The molecule has 0 spiro atoms. The Morgan fingerprint density at radius 1 is 1.00 bits per heavy atom. The molecule has 128 valence electrons. The molecule has 0 fully saturated rings. The highest BCUT2D eigenvalue weighted by molar-refractivity contribution is 6.00. The van der Waals surface area contributed by atoms with Crippen LogP contribution in [0.15, 0.2) is 42.5 Å². The number of rotatable bonds is 4. The molecule has 6 nitrogen and oxygen atoms in total. The molecule has 0 atom stereocenters. The van der Waals surface area contributed by atoms with Crippen LogP contribution in [0.4, 0.5) is 0 Å². The summed E-state index contributed by atoms with van der Waals surface area (Å²) in [5.41, 5.74) is 1.82. The number of carboxylic acid groups (broad SMARTS) is 1. The fraction of sp³-hybridized carbons (Fsp3) is 0.158. The highest BCUT2D eigenvalue weighted by Crippen LogP contribution is 2.38. The predicted molar refractivity (Wildman–Crippen MR) is 93.7 cm³/mol. The lowest BCUT2D eigenvalue weighted by Crippen LogP contribution is -2.08. The van der Waals surface area contributed by atoms with Crippen LogP contribution in [-0.4, -0.2) is 35.8 Å². The van der Waals surface area contributed by atoms with E-state index >= 15 is 0 Å². The van der Waals surface area contributed by atoms with Gasteiger partial charge in [-0.3, -0.25) is 9.36 Å². The van der Waals surface area contributed by atoms with Crippen LogP contribution >= 0.6 is 0 Å². The van der Waals surface area contributed by atoms with E-state index in [2.05, 4.69) is 0 Å². The zero-order chi connectivity index (χ0) is 18.1. The Balaban J connectivity index is 2.38. The molecule has 6 heteroatoms. The maximum Gasteiger partial charge on any atom is 0.339 e. The van der Waals surface area contributed by atoms with E-state index < -0.39 is 5.97 Å². The van der Waals surface area contributed by atoms with Crippen molar-refractivity contribution in [2.75, 3.05) is 14.2 Å². The number of nitrogens with zero attached hydrogens (tertiary/aromatic N) is 1. The summed E-state index contributed by atoms with van der Waals surface area (Å²) in [6.45, 7) is 1.46. The summed E-state index contributed by atoms with van der Waals surface area (Å²) in [7, 11) is 2.88. The van der Waals surface area contributed by atoms with E-state index in [0.717, 1.165) is 10.9 Å². The SMILES string of the molecule is COc1cc(OC)c(-c2cc3ccccc3n2C(C)=O)cc1C(=O)O. The summed E-state index contributed by atoms with van der Waals surface area (Å²) in [6, 6.07) is 12.3. The van der Waals surface area contributed by atoms with Gasteiger partial charge in [0.15, 0.2) is 0 Å². The molecule has 0 aliphatic rings. The van der Waals surface area contributed by atoms with E-state index in [4.69, 9.17) is 9.47 Å². The molecule has 1 N–H and O–H groups in total. The smallest absolute Gasteiger partial charge is 0.339 e. The average Bonchev–Trinajstić information content (AvgIpc) is 2.99. The zero-order valence-electron chi connectivity index (χ0n) is 14.1. The average molecular weight is 339 g/mol. The Hall–Kier alpha value is -3.28. The van der Waals surface area contributed by atoms with Crippen molar-refractivity contribution in [2.45, 2.75) is 6.92 Å². The van der Waals surface area contributed by atoms with Crippen LogP contribution in [0.5, 0.6) is 11.5 Å². The molecule has 1 aromatic heterocycles. The number of para-hydroxylation sites is 1. The van der Waals surface area contributed by atoms with Crippen LogP contribution in [0.3, 0.4) is 0 Å². The van der Waals surface area contributed by atoms with E-state index in [1.807, 2.05) is 30.3 Å². The van der Waals surface area contributed by atoms with Crippen molar-refractivity contribution >= 4 is 22.8 Å². The third kappa shape index (κ3) is 2.71. The number of carbonyl (C=O) groups is 2. The van der Waals surface area contributed by atoms with Gasteiger partial charge < -0.3 is 14.6 Å². The molecule has 0 aliphatic carbocycles. The summed E-state index contributed by atoms with van der Waals surface area (Å²) in [5, 5.41) is 10.3. The maximum absolute atomic E-state index is 12.2. The minimum Gasteiger partial charge on any atom is -0.496 e. The van der Waals surface area contributed by atoms with Gasteiger partial charge in [0.25, 0.3) is 0 Å². The summed E-state index contributed by atoms with van der Waals surface area (Å²) >= 11 is 0. The molecular weight excluding hydrogens is 322 g/mol. The number of hydrogen-bond acceptors (Lipinski definition) is 4. The molecule has 3 aromatic rings. The number of hydrogen-bond donors (Lipinski definition) is 1. The predicted octanol–water partition coefficient (Wildman–Crippen LogP) is 3.68. The molecule has 0 bridgehead atoms. The number of aromatic nitrogens is 1. The number of methoxy groups -OCH3 is 2. The largest absolute Gasteiger partial charge is 0.496 e. The van der Waals surface area contributed by atoms with Crippen LogP contribution < -0.4 is 9.47 Å². The molecule has 0 unspecified atom stereocenters. The van der Waals surface area contributed by atoms with Gasteiger partial charge in [-0.2, -0.15) is 0 Å². The van der Waals surface area contributed by atoms with Crippen molar-refractivity contribution in [3.63, 3.8) is 0 Å². The van der Waals surface area contributed by atoms with Crippen LogP contribution in [0.1, 0.15) is 22.1 Å². The minimum absolute atomic E-state index is 0.00124. The zero-order valence-corrected chi connectivity index (χ0v) is 14.1. The molecule has 3 rings (SSSR count). The highest BCUT2D eigenvalue weighted by Gasteiger charge is 2.21. The van der Waals surface area contributed by atoms with Gasteiger partial charge in [-0.25, -0.2) is 4.79 Å². The van der Waals surface area contributed by atoms with Gasteiger partial charge in [0, 0.05) is 23.9 Å². The number of aromatic carboxylic acids is 1. The number of carbonyl (C=O) groups excluding carboxylic acids is 1. The Kier molecular flexibility index (Phi) is 4.19. The second-order valence-corrected chi connectivity index (χ2v) is 5.50. The molecule has 0 saturated carbocycles. The van der Waals surface area contributed by atoms with Crippen molar-refractivity contribution < 1.29 is 24.2 Å².